The summed E-state index contributed by atoms with van der Waals surface area (Å²) in [5.41, 5.74) is 0. The normalized spacial score (nSPS) is 30.0. The van der Waals surface area contributed by atoms with Crippen molar-refractivity contribution in [1.82, 2.24) is 0 Å². The Balaban J connectivity index is 2.72. The van der Waals surface area contributed by atoms with Crippen molar-refractivity contribution in [2.75, 3.05) is 0 Å². The highest BCUT2D eigenvalue weighted by molar-refractivity contribution is 14.1. The van der Waals surface area contributed by atoms with E-state index >= 15 is 0 Å². The topological polar surface area (TPSA) is 36.9 Å². The number of rotatable bonds is 10. The van der Waals surface area contributed by atoms with Crippen molar-refractivity contribution < 1.29 is 18.0 Å². The summed E-state index contributed by atoms with van der Waals surface area (Å²) in [7, 11) is -6.31. The maximum absolute atomic E-state index is 7.55. The average molecular weight is 739 g/mol. The fourth-order valence-electron chi connectivity index (χ4n) is 5.51. The van der Waals surface area contributed by atoms with Gasteiger partial charge < -0.3 is 18.0 Å². The lowest BCUT2D eigenvalue weighted by Gasteiger charge is -2.56. The number of hydrogen-bond donors (Lipinski definition) is 0. The van der Waals surface area contributed by atoms with Crippen molar-refractivity contribution >= 4 is 47.5 Å². The Kier molecular flexibility index (Phi) is 12.8. The number of ether oxygens (including phenoxy) is 1. The van der Waals surface area contributed by atoms with E-state index in [9.17, 15) is 0 Å². The summed E-state index contributed by atoms with van der Waals surface area (Å²) < 4.78 is 31.6. The summed E-state index contributed by atoms with van der Waals surface area (Å²) >= 11 is 2.38. The minimum Gasteiger partial charge on any atom is -0.411 e. The molecule has 0 aromatic rings. The van der Waals surface area contributed by atoms with Gasteiger partial charge in [-0.2, -0.15) is 0 Å². The van der Waals surface area contributed by atoms with Gasteiger partial charge in [0.05, 0.1) is 30.5 Å². The zero-order chi connectivity index (χ0) is 31.8. The highest BCUT2D eigenvalue weighted by Gasteiger charge is 2.56. The largest absolute Gasteiger partial charge is 0.411 e. The predicted molar refractivity (Wildman–Crippen MR) is 194 cm³/mol. The zero-order valence-electron chi connectivity index (χ0n) is 29.7. The van der Waals surface area contributed by atoms with E-state index in [2.05, 4.69) is 141 Å². The van der Waals surface area contributed by atoms with Crippen molar-refractivity contribution in [1.29, 1.82) is 0 Å². The van der Waals surface area contributed by atoms with Crippen LogP contribution < -0.4 is 0 Å². The molecule has 1 aliphatic carbocycles. The first-order chi connectivity index (χ1) is 18.4. The van der Waals surface area contributed by atoms with E-state index < -0.39 is 25.0 Å². The predicted octanol–water partition coefficient (Wildman–Crippen LogP) is 11.1. The van der Waals surface area contributed by atoms with Gasteiger partial charge in [-0.25, -0.2) is 0 Å². The molecule has 7 atom stereocenters. The number of hydrogen-bond acceptors (Lipinski definition) is 4. The minimum atomic E-state index is -2.14. The van der Waals surface area contributed by atoms with Crippen LogP contribution in [0, 0.1) is 11.8 Å². The molecule has 1 aliphatic heterocycles. The van der Waals surface area contributed by atoms with Crippen LogP contribution in [0.3, 0.4) is 0 Å². The van der Waals surface area contributed by atoms with Crippen LogP contribution in [0.25, 0.3) is 0 Å². The van der Waals surface area contributed by atoms with Crippen molar-refractivity contribution in [3.05, 3.63) is 10.2 Å². The van der Waals surface area contributed by atoms with E-state index in [1.165, 1.54) is 6.42 Å². The van der Waals surface area contributed by atoms with E-state index in [1.54, 1.807) is 0 Å². The van der Waals surface area contributed by atoms with Gasteiger partial charge in [-0.05, 0) is 90.1 Å². The van der Waals surface area contributed by atoms with Crippen LogP contribution >= 0.6 is 22.6 Å². The molecular weight excluding hydrogens is 672 g/mol. The van der Waals surface area contributed by atoms with Gasteiger partial charge in [-0.15, -0.1) is 0 Å². The molecule has 41 heavy (non-hydrogen) atoms. The molecule has 0 unspecified atom stereocenters. The molecule has 8 heteroatoms. The first kappa shape index (κ1) is 38.1. The van der Waals surface area contributed by atoms with Crippen LogP contribution in [0.4, 0.5) is 0 Å². The maximum atomic E-state index is 7.55. The summed E-state index contributed by atoms with van der Waals surface area (Å²) in [4.78, 5) is 0. The second kappa shape index (κ2) is 13.8. The molecule has 1 saturated carbocycles. The minimum absolute atomic E-state index is 0.00221. The fraction of sp³-hybridized carbons (Fsp3) is 0.939. The molecule has 1 heterocycles. The molecule has 1 saturated heterocycles. The molecule has 0 aromatic heterocycles. The molecule has 242 valence electrons. The highest BCUT2D eigenvalue weighted by atomic mass is 127. The summed E-state index contributed by atoms with van der Waals surface area (Å²) in [6, 6.07) is 0. The SMILES string of the molecule is CCC[C@H]1CC[C@@H]2C[C@@H]([C@H](/C=C/I)O[Si](C)(C)C(C)(C)C)[C@@H](O[Si](C)(C)C(C)(C)C)[C@@H](O[Si](C)(C)C(C)(C)C)[C@H]2O1. The lowest BCUT2D eigenvalue weighted by molar-refractivity contribution is -0.196. The number of fused-ring (bicyclic) bond motifs is 1. The second-order valence-corrected chi connectivity index (χ2v) is 32.6. The Morgan fingerprint density at radius 2 is 1.27 bits per heavy atom. The Morgan fingerprint density at radius 3 is 1.71 bits per heavy atom. The molecule has 2 rings (SSSR count). The van der Waals surface area contributed by atoms with Gasteiger partial charge in [-0.3, -0.25) is 0 Å². The zero-order valence-corrected chi connectivity index (χ0v) is 34.9. The molecule has 4 nitrogen and oxygen atoms in total. The Hall–Kier alpha value is 0.961. The van der Waals surface area contributed by atoms with Crippen molar-refractivity contribution in [2.24, 2.45) is 11.8 Å². The second-order valence-electron chi connectivity index (χ2n) is 17.6. The van der Waals surface area contributed by atoms with Gasteiger partial charge >= 0.3 is 0 Å². The first-order valence-corrected chi connectivity index (χ1v) is 26.3. The molecule has 0 N–H and O–H groups in total. The van der Waals surface area contributed by atoms with Crippen molar-refractivity contribution in [3.8, 4) is 0 Å². The Labute approximate surface area is 272 Å². The van der Waals surface area contributed by atoms with Crippen LogP contribution in [0.15, 0.2) is 10.2 Å². The Bertz CT molecular complexity index is 869. The van der Waals surface area contributed by atoms with Crippen LogP contribution in [-0.2, 0) is 18.0 Å². The van der Waals surface area contributed by atoms with E-state index in [4.69, 9.17) is 18.0 Å². The lowest BCUT2D eigenvalue weighted by atomic mass is 9.70. The Morgan fingerprint density at radius 1 is 0.780 bits per heavy atom. The van der Waals surface area contributed by atoms with E-state index in [1.807, 2.05) is 0 Å². The summed E-state index contributed by atoms with van der Waals surface area (Å²) in [5.74, 6) is 0.696. The van der Waals surface area contributed by atoms with Crippen molar-refractivity contribution in [2.45, 2.75) is 186 Å². The third-order valence-corrected chi connectivity index (χ3v) is 25.2. The van der Waals surface area contributed by atoms with Crippen LogP contribution in [0.2, 0.25) is 54.4 Å². The van der Waals surface area contributed by atoms with Crippen LogP contribution in [0.5, 0.6) is 0 Å². The molecule has 0 spiro atoms. The average Bonchev–Trinajstić information content (AvgIpc) is 2.78. The lowest BCUT2D eigenvalue weighted by Crippen LogP contribution is -2.65. The first-order valence-electron chi connectivity index (χ1n) is 16.3. The molecular formula is C33H67IO4Si3. The third-order valence-electron chi connectivity index (χ3n) is 11.3. The molecule has 0 bridgehead atoms. The standard InChI is InChI=1S/C33H67IO4Si3/c1-17-18-25-20-19-24-23-26(27(21-22-34)36-39(11,12)31(2,3)4)29(37-40(13,14)32(5,6)7)30(28(24)35-25)38-41(15,16)33(8,9)10/h21-22,24-30H,17-20,23H2,1-16H3/b22-21+/t24-,25+,26+,27+,28+,29-,30+/m1/s1. The fourth-order valence-corrected chi connectivity index (χ4v) is 9.86. The van der Waals surface area contributed by atoms with Gasteiger partial charge in [0.2, 0.25) is 0 Å². The van der Waals surface area contributed by atoms with Gasteiger partial charge in [0.1, 0.15) is 0 Å². The van der Waals surface area contributed by atoms with Gasteiger partial charge in [-0.1, -0.05) is 104 Å². The van der Waals surface area contributed by atoms with Gasteiger partial charge in [0.25, 0.3) is 0 Å². The van der Waals surface area contributed by atoms with Crippen LogP contribution in [-0.4, -0.2) is 55.5 Å². The molecule has 0 radical (unpaired) electrons. The van der Waals surface area contributed by atoms with Gasteiger partial charge in [0, 0.05) is 5.92 Å². The quantitative estimate of drug-likeness (QED) is 0.165. The van der Waals surface area contributed by atoms with E-state index in [0.717, 1.165) is 25.7 Å². The van der Waals surface area contributed by atoms with Gasteiger partial charge in [0.15, 0.2) is 25.0 Å². The molecule has 2 aliphatic rings. The summed E-state index contributed by atoms with van der Waals surface area (Å²) in [6.45, 7) is 37.8. The van der Waals surface area contributed by atoms with E-state index in [-0.39, 0.29) is 45.4 Å². The smallest absolute Gasteiger partial charge is 0.192 e. The maximum Gasteiger partial charge on any atom is 0.192 e. The third kappa shape index (κ3) is 9.26. The van der Waals surface area contributed by atoms with Crippen LogP contribution in [0.1, 0.15) is 101 Å². The molecule has 0 amide bonds. The highest BCUT2D eigenvalue weighted by Crippen LogP contribution is 2.50. The van der Waals surface area contributed by atoms with E-state index in [0.29, 0.717) is 12.0 Å². The summed E-state index contributed by atoms with van der Waals surface area (Å²) in [6.07, 6.45) is 8.30. The molecule has 2 fully saturated rings. The molecule has 0 aromatic carbocycles. The number of halogens is 1. The summed E-state index contributed by atoms with van der Waals surface area (Å²) in [5, 5.41) is 0.340. The van der Waals surface area contributed by atoms with Crippen molar-refractivity contribution in [3.63, 3.8) is 0 Å². The monoisotopic (exact) mass is 738 g/mol.